The van der Waals surface area contributed by atoms with E-state index in [4.69, 9.17) is 16.7 Å². The lowest BCUT2D eigenvalue weighted by molar-refractivity contribution is -0.137. The standard InChI is InChI=1S/C19H21ClN2O3/c1-13(10-18(23)22-17-7-3-5-15(20)12-17)21-16-6-2-4-14(11-16)8-9-19(24)25/h2-7,11-13,21H,8-10H2,1H3,(H,22,23)(H,24,25). The molecule has 0 saturated heterocycles. The summed E-state index contributed by atoms with van der Waals surface area (Å²) in [4.78, 5) is 22.8. The minimum absolute atomic E-state index is 0.0751. The Bertz CT molecular complexity index is 749. The fourth-order valence-corrected chi connectivity index (χ4v) is 2.65. The first kappa shape index (κ1) is 18.8. The Morgan fingerprint density at radius 3 is 2.56 bits per heavy atom. The molecule has 0 aromatic heterocycles. The van der Waals surface area contributed by atoms with Crippen LogP contribution in [0.3, 0.4) is 0 Å². The molecule has 1 unspecified atom stereocenters. The van der Waals surface area contributed by atoms with Crippen LogP contribution in [0, 0.1) is 0 Å². The fraction of sp³-hybridized carbons (Fsp3) is 0.263. The molecule has 0 aliphatic carbocycles. The van der Waals surface area contributed by atoms with Crippen molar-refractivity contribution in [1.29, 1.82) is 0 Å². The molecule has 1 amide bonds. The van der Waals surface area contributed by atoms with Crippen molar-refractivity contribution >= 4 is 34.9 Å². The number of carboxylic acids is 1. The van der Waals surface area contributed by atoms with Gasteiger partial charge in [0.05, 0.1) is 0 Å². The molecule has 0 saturated carbocycles. The molecule has 0 radical (unpaired) electrons. The van der Waals surface area contributed by atoms with Crippen LogP contribution in [-0.2, 0) is 16.0 Å². The van der Waals surface area contributed by atoms with E-state index < -0.39 is 5.97 Å². The van der Waals surface area contributed by atoms with Gasteiger partial charge in [-0.25, -0.2) is 0 Å². The molecule has 0 fully saturated rings. The zero-order valence-electron chi connectivity index (χ0n) is 14.0. The van der Waals surface area contributed by atoms with Crippen molar-refractivity contribution < 1.29 is 14.7 Å². The highest BCUT2D eigenvalue weighted by atomic mass is 35.5. The number of aryl methyl sites for hydroxylation is 1. The lowest BCUT2D eigenvalue weighted by atomic mass is 10.1. The van der Waals surface area contributed by atoms with Gasteiger partial charge in [-0.3, -0.25) is 9.59 Å². The summed E-state index contributed by atoms with van der Waals surface area (Å²) in [6, 6.07) is 14.5. The summed E-state index contributed by atoms with van der Waals surface area (Å²) in [6.45, 7) is 1.92. The normalized spacial score (nSPS) is 11.6. The van der Waals surface area contributed by atoms with Gasteiger partial charge >= 0.3 is 5.97 Å². The Labute approximate surface area is 152 Å². The zero-order chi connectivity index (χ0) is 18.2. The molecule has 1 atom stereocenters. The summed E-state index contributed by atoms with van der Waals surface area (Å²) >= 11 is 5.90. The molecule has 0 aliphatic rings. The number of carbonyl (C=O) groups excluding carboxylic acids is 1. The number of nitrogens with one attached hydrogen (secondary N) is 2. The van der Waals surface area contributed by atoms with E-state index in [2.05, 4.69) is 10.6 Å². The van der Waals surface area contributed by atoms with Crippen LogP contribution >= 0.6 is 11.6 Å². The van der Waals surface area contributed by atoms with Crippen LogP contribution in [0.2, 0.25) is 5.02 Å². The molecule has 2 aromatic carbocycles. The Morgan fingerprint density at radius 1 is 1.12 bits per heavy atom. The lowest BCUT2D eigenvalue weighted by Crippen LogP contribution is -2.23. The van der Waals surface area contributed by atoms with E-state index in [1.54, 1.807) is 24.3 Å². The molecule has 25 heavy (non-hydrogen) atoms. The predicted octanol–water partition coefficient (Wildman–Crippen LogP) is 4.19. The molecule has 0 spiro atoms. The minimum atomic E-state index is -0.815. The largest absolute Gasteiger partial charge is 0.481 e. The summed E-state index contributed by atoms with van der Waals surface area (Å²) in [5.74, 6) is -0.922. The molecule has 2 aromatic rings. The van der Waals surface area contributed by atoms with Crippen LogP contribution in [0.15, 0.2) is 48.5 Å². The number of hydrogen-bond donors (Lipinski definition) is 3. The second kappa shape index (κ2) is 9.08. The maximum atomic E-state index is 12.1. The summed E-state index contributed by atoms with van der Waals surface area (Å²) in [7, 11) is 0. The second-order valence-corrected chi connectivity index (χ2v) is 6.34. The summed E-state index contributed by atoms with van der Waals surface area (Å²) in [5, 5.41) is 15.4. The van der Waals surface area contributed by atoms with Gasteiger partial charge in [-0.05, 0) is 49.2 Å². The second-order valence-electron chi connectivity index (χ2n) is 5.90. The zero-order valence-corrected chi connectivity index (χ0v) is 14.7. The molecule has 2 rings (SSSR count). The first-order valence-corrected chi connectivity index (χ1v) is 8.43. The third-order valence-corrected chi connectivity index (χ3v) is 3.80. The van der Waals surface area contributed by atoms with Crippen LogP contribution in [0.5, 0.6) is 0 Å². The Balaban J connectivity index is 1.86. The average Bonchev–Trinajstić information content (AvgIpc) is 2.53. The Kier molecular flexibility index (Phi) is 6.83. The monoisotopic (exact) mass is 360 g/mol. The van der Waals surface area contributed by atoms with Crippen LogP contribution in [-0.4, -0.2) is 23.0 Å². The minimum Gasteiger partial charge on any atom is -0.481 e. The van der Waals surface area contributed by atoms with Crippen LogP contribution in [0.25, 0.3) is 0 Å². The van der Waals surface area contributed by atoms with E-state index in [9.17, 15) is 9.59 Å². The topological polar surface area (TPSA) is 78.4 Å². The van der Waals surface area contributed by atoms with Crippen molar-refractivity contribution in [3.63, 3.8) is 0 Å². The molecule has 6 heteroatoms. The van der Waals surface area contributed by atoms with E-state index >= 15 is 0 Å². The van der Waals surface area contributed by atoms with E-state index in [-0.39, 0.29) is 18.4 Å². The highest BCUT2D eigenvalue weighted by Gasteiger charge is 2.10. The van der Waals surface area contributed by atoms with Crippen LogP contribution in [0.1, 0.15) is 25.3 Å². The van der Waals surface area contributed by atoms with Gasteiger partial charge < -0.3 is 15.7 Å². The number of carboxylic acid groups (broad SMARTS) is 1. The van der Waals surface area contributed by atoms with E-state index in [1.165, 1.54) is 0 Å². The quantitative estimate of drug-likeness (QED) is 0.659. The highest BCUT2D eigenvalue weighted by Crippen LogP contribution is 2.17. The number of rotatable bonds is 8. The molecule has 5 nitrogen and oxygen atoms in total. The molecule has 3 N–H and O–H groups in total. The molecular weight excluding hydrogens is 340 g/mol. The summed E-state index contributed by atoms with van der Waals surface area (Å²) < 4.78 is 0. The van der Waals surface area contributed by atoms with Crippen molar-refractivity contribution in [3.8, 4) is 0 Å². The van der Waals surface area contributed by atoms with Gasteiger partial charge in [0, 0.05) is 35.3 Å². The van der Waals surface area contributed by atoms with Gasteiger partial charge in [0.1, 0.15) is 0 Å². The number of carbonyl (C=O) groups is 2. The molecule has 0 aliphatic heterocycles. The number of hydrogen-bond acceptors (Lipinski definition) is 3. The number of halogens is 1. The van der Waals surface area contributed by atoms with E-state index in [1.807, 2.05) is 31.2 Å². The first-order chi connectivity index (χ1) is 11.9. The van der Waals surface area contributed by atoms with Crippen LogP contribution in [0.4, 0.5) is 11.4 Å². The van der Waals surface area contributed by atoms with Gasteiger partial charge in [0.25, 0.3) is 0 Å². The third kappa shape index (κ3) is 6.85. The summed E-state index contributed by atoms with van der Waals surface area (Å²) in [6.07, 6.45) is 0.876. The number of anilines is 2. The maximum Gasteiger partial charge on any atom is 0.303 e. The smallest absolute Gasteiger partial charge is 0.303 e. The van der Waals surface area contributed by atoms with Crippen molar-refractivity contribution in [3.05, 3.63) is 59.1 Å². The molecular formula is C19H21ClN2O3. The van der Waals surface area contributed by atoms with Gasteiger partial charge in [0.2, 0.25) is 5.91 Å². The van der Waals surface area contributed by atoms with Gasteiger partial charge in [0.15, 0.2) is 0 Å². The van der Waals surface area contributed by atoms with Crippen molar-refractivity contribution in [2.24, 2.45) is 0 Å². The lowest BCUT2D eigenvalue weighted by Gasteiger charge is -2.16. The Hall–Kier alpha value is -2.53. The first-order valence-electron chi connectivity index (χ1n) is 8.05. The van der Waals surface area contributed by atoms with Crippen molar-refractivity contribution in [2.75, 3.05) is 10.6 Å². The van der Waals surface area contributed by atoms with Crippen molar-refractivity contribution in [2.45, 2.75) is 32.2 Å². The molecule has 0 heterocycles. The van der Waals surface area contributed by atoms with Gasteiger partial charge in [-0.15, -0.1) is 0 Å². The molecule has 0 bridgehead atoms. The average molecular weight is 361 g/mol. The highest BCUT2D eigenvalue weighted by molar-refractivity contribution is 6.30. The fourth-order valence-electron chi connectivity index (χ4n) is 2.46. The molecule has 132 valence electrons. The Morgan fingerprint density at radius 2 is 1.84 bits per heavy atom. The number of benzene rings is 2. The van der Waals surface area contributed by atoms with Crippen LogP contribution < -0.4 is 10.6 Å². The van der Waals surface area contributed by atoms with E-state index in [0.29, 0.717) is 23.6 Å². The van der Waals surface area contributed by atoms with Crippen molar-refractivity contribution in [1.82, 2.24) is 0 Å². The van der Waals surface area contributed by atoms with Gasteiger partial charge in [-0.2, -0.15) is 0 Å². The van der Waals surface area contributed by atoms with Gasteiger partial charge in [-0.1, -0.05) is 29.8 Å². The SMILES string of the molecule is CC(CC(=O)Nc1cccc(Cl)c1)Nc1cccc(CCC(=O)O)c1. The van der Waals surface area contributed by atoms with E-state index in [0.717, 1.165) is 11.3 Å². The third-order valence-electron chi connectivity index (χ3n) is 3.57. The summed E-state index contributed by atoms with van der Waals surface area (Å²) in [5.41, 5.74) is 2.48. The number of aliphatic carboxylic acids is 1. The predicted molar refractivity (Wildman–Crippen MR) is 100 cm³/mol. The maximum absolute atomic E-state index is 12.1. The number of amides is 1.